The summed E-state index contributed by atoms with van der Waals surface area (Å²) in [4.78, 5) is 11.3. The third-order valence-electron chi connectivity index (χ3n) is 2.09. The van der Waals surface area contributed by atoms with Crippen molar-refractivity contribution < 1.29 is 4.79 Å². The van der Waals surface area contributed by atoms with E-state index in [0.29, 0.717) is 24.8 Å². The number of amides is 1. The molecular formula is C10H22N2O. The largest absolute Gasteiger partial charge is 0.356 e. The Hall–Kier alpha value is -0.570. The molecule has 0 aliphatic heterocycles. The summed E-state index contributed by atoms with van der Waals surface area (Å²) >= 11 is 0. The molecule has 0 aromatic rings. The van der Waals surface area contributed by atoms with Gasteiger partial charge < -0.3 is 11.1 Å². The van der Waals surface area contributed by atoms with Gasteiger partial charge in [0.05, 0.1) is 0 Å². The van der Waals surface area contributed by atoms with Crippen LogP contribution in [-0.4, -0.2) is 19.0 Å². The molecule has 0 fully saturated rings. The van der Waals surface area contributed by atoms with Gasteiger partial charge in [-0.05, 0) is 18.4 Å². The Balaban J connectivity index is 3.60. The van der Waals surface area contributed by atoms with Gasteiger partial charge in [0.1, 0.15) is 0 Å². The van der Waals surface area contributed by atoms with E-state index in [1.165, 1.54) is 0 Å². The van der Waals surface area contributed by atoms with E-state index >= 15 is 0 Å². The zero-order valence-corrected chi connectivity index (χ0v) is 8.97. The maximum atomic E-state index is 11.3. The SMILES string of the molecule is CCC(CN)CC(=O)NCC(C)C. The molecule has 0 spiro atoms. The van der Waals surface area contributed by atoms with Crippen molar-refractivity contribution in [2.45, 2.75) is 33.6 Å². The van der Waals surface area contributed by atoms with E-state index in [2.05, 4.69) is 26.1 Å². The third-order valence-corrected chi connectivity index (χ3v) is 2.09. The van der Waals surface area contributed by atoms with Crippen molar-refractivity contribution in [3.8, 4) is 0 Å². The topological polar surface area (TPSA) is 55.1 Å². The van der Waals surface area contributed by atoms with Gasteiger partial charge in [-0.1, -0.05) is 27.2 Å². The quantitative estimate of drug-likeness (QED) is 0.653. The Bertz CT molecular complexity index is 142. The molecule has 0 aromatic heterocycles. The van der Waals surface area contributed by atoms with Crippen LogP contribution in [-0.2, 0) is 4.79 Å². The van der Waals surface area contributed by atoms with E-state index in [-0.39, 0.29) is 5.91 Å². The van der Waals surface area contributed by atoms with Crippen LogP contribution in [0.4, 0.5) is 0 Å². The summed E-state index contributed by atoms with van der Waals surface area (Å²) in [5, 5.41) is 2.89. The molecule has 3 nitrogen and oxygen atoms in total. The maximum Gasteiger partial charge on any atom is 0.220 e. The molecule has 0 rings (SSSR count). The highest BCUT2D eigenvalue weighted by molar-refractivity contribution is 5.76. The van der Waals surface area contributed by atoms with Crippen molar-refractivity contribution in [1.82, 2.24) is 5.32 Å². The molecule has 0 saturated heterocycles. The zero-order chi connectivity index (χ0) is 10.3. The van der Waals surface area contributed by atoms with Crippen LogP contribution in [0.1, 0.15) is 33.6 Å². The predicted octanol–water partition coefficient (Wildman–Crippen LogP) is 1.13. The van der Waals surface area contributed by atoms with Crippen molar-refractivity contribution >= 4 is 5.91 Å². The van der Waals surface area contributed by atoms with Crippen molar-refractivity contribution in [3.05, 3.63) is 0 Å². The van der Waals surface area contributed by atoms with Crippen molar-refractivity contribution in [2.24, 2.45) is 17.6 Å². The summed E-state index contributed by atoms with van der Waals surface area (Å²) in [7, 11) is 0. The molecule has 0 aromatic carbocycles. The summed E-state index contributed by atoms with van der Waals surface area (Å²) in [5.41, 5.74) is 5.51. The first kappa shape index (κ1) is 12.4. The first-order valence-corrected chi connectivity index (χ1v) is 5.06. The molecule has 78 valence electrons. The van der Waals surface area contributed by atoms with Crippen LogP contribution in [0.3, 0.4) is 0 Å². The van der Waals surface area contributed by atoms with Crippen molar-refractivity contribution in [1.29, 1.82) is 0 Å². The Morgan fingerprint density at radius 3 is 2.46 bits per heavy atom. The fraction of sp³-hybridized carbons (Fsp3) is 0.900. The summed E-state index contributed by atoms with van der Waals surface area (Å²) in [6.45, 7) is 7.60. The van der Waals surface area contributed by atoms with E-state index in [1.54, 1.807) is 0 Å². The number of carbonyl (C=O) groups excluding carboxylic acids is 1. The number of carbonyl (C=O) groups is 1. The highest BCUT2D eigenvalue weighted by Crippen LogP contribution is 2.05. The lowest BCUT2D eigenvalue weighted by Crippen LogP contribution is -2.30. The lowest BCUT2D eigenvalue weighted by Gasteiger charge is -2.12. The molecule has 13 heavy (non-hydrogen) atoms. The van der Waals surface area contributed by atoms with E-state index in [1.807, 2.05) is 0 Å². The second-order valence-corrected chi connectivity index (χ2v) is 3.91. The van der Waals surface area contributed by atoms with Crippen LogP contribution in [0.15, 0.2) is 0 Å². The highest BCUT2D eigenvalue weighted by atomic mass is 16.1. The lowest BCUT2D eigenvalue weighted by molar-refractivity contribution is -0.122. The normalized spacial score (nSPS) is 13.0. The molecular weight excluding hydrogens is 164 g/mol. The molecule has 0 bridgehead atoms. The predicted molar refractivity (Wildman–Crippen MR) is 55.3 cm³/mol. The molecule has 1 unspecified atom stereocenters. The van der Waals surface area contributed by atoms with E-state index < -0.39 is 0 Å². The van der Waals surface area contributed by atoms with E-state index in [9.17, 15) is 4.79 Å². The second-order valence-electron chi connectivity index (χ2n) is 3.91. The Kier molecular flexibility index (Phi) is 6.59. The van der Waals surface area contributed by atoms with Gasteiger partial charge in [0, 0.05) is 13.0 Å². The monoisotopic (exact) mass is 186 g/mol. The summed E-state index contributed by atoms with van der Waals surface area (Å²) in [6.07, 6.45) is 1.55. The number of nitrogens with one attached hydrogen (secondary N) is 1. The summed E-state index contributed by atoms with van der Waals surface area (Å²) in [5.74, 6) is 0.986. The van der Waals surface area contributed by atoms with Crippen LogP contribution in [0.2, 0.25) is 0 Å². The number of hydrogen-bond donors (Lipinski definition) is 2. The van der Waals surface area contributed by atoms with Crippen molar-refractivity contribution in [3.63, 3.8) is 0 Å². The molecule has 3 N–H and O–H groups in total. The minimum absolute atomic E-state index is 0.131. The van der Waals surface area contributed by atoms with Crippen LogP contribution < -0.4 is 11.1 Å². The van der Waals surface area contributed by atoms with Gasteiger partial charge in [-0.3, -0.25) is 4.79 Å². The van der Waals surface area contributed by atoms with E-state index in [0.717, 1.165) is 13.0 Å². The van der Waals surface area contributed by atoms with Gasteiger partial charge in [-0.2, -0.15) is 0 Å². The fourth-order valence-corrected chi connectivity index (χ4v) is 1.05. The molecule has 3 heteroatoms. The van der Waals surface area contributed by atoms with Gasteiger partial charge in [0.2, 0.25) is 5.91 Å². The van der Waals surface area contributed by atoms with Crippen LogP contribution in [0.5, 0.6) is 0 Å². The summed E-state index contributed by atoms with van der Waals surface area (Å²) < 4.78 is 0. The smallest absolute Gasteiger partial charge is 0.220 e. The number of hydrogen-bond acceptors (Lipinski definition) is 2. The number of nitrogens with two attached hydrogens (primary N) is 1. The Morgan fingerprint density at radius 1 is 1.46 bits per heavy atom. The Labute approximate surface area is 81.1 Å². The molecule has 0 heterocycles. The van der Waals surface area contributed by atoms with Gasteiger partial charge in [0.15, 0.2) is 0 Å². The average molecular weight is 186 g/mol. The molecule has 1 amide bonds. The number of rotatable bonds is 6. The molecule has 1 atom stereocenters. The van der Waals surface area contributed by atoms with Gasteiger partial charge >= 0.3 is 0 Å². The Morgan fingerprint density at radius 2 is 2.08 bits per heavy atom. The molecule has 0 aliphatic rings. The minimum Gasteiger partial charge on any atom is -0.356 e. The van der Waals surface area contributed by atoms with Gasteiger partial charge in [-0.15, -0.1) is 0 Å². The minimum atomic E-state index is 0.131. The highest BCUT2D eigenvalue weighted by Gasteiger charge is 2.09. The fourth-order valence-electron chi connectivity index (χ4n) is 1.05. The standard InChI is InChI=1S/C10H22N2O/c1-4-9(6-11)5-10(13)12-7-8(2)3/h8-9H,4-7,11H2,1-3H3,(H,12,13). The maximum absolute atomic E-state index is 11.3. The van der Waals surface area contributed by atoms with Gasteiger partial charge in [-0.25, -0.2) is 0 Å². The van der Waals surface area contributed by atoms with E-state index in [4.69, 9.17) is 5.73 Å². The average Bonchev–Trinajstić information content (AvgIpc) is 2.10. The van der Waals surface area contributed by atoms with Crippen molar-refractivity contribution in [2.75, 3.05) is 13.1 Å². The lowest BCUT2D eigenvalue weighted by atomic mass is 10.0. The first-order chi connectivity index (χ1) is 6.10. The molecule has 0 aliphatic carbocycles. The van der Waals surface area contributed by atoms with Gasteiger partial charge in [0.25, 0.3) is 0 Å². The summed E-state index contributed by atoms with van der Waals surface area (Å²) in [6, 6.07) is 0. The van der Waals surface area contributed by atoms with Crippen LogP contribution in [0.25, 0.3) is 0 Å². The third kappa shape index (κ3) is 6.58. The van der Waals surface area contributed by atoms with Crippen LogP contribution >= 0.6 is 0 Å². The molecule has 0 saturated carbocycles. The molecule has 0 radical (unpaired) electrons. The first-order valence-electron chi connectivity index (χ1n) is 5.06. The van der Waals surface area contributed by atoms with Crippen LogP contribution in [0, 0.1) is 11.8 Å². The zero-order valence-electron chi connectivity index (χ0n) is 8.97. The second kappa shape index (κ2) is 6.89.